The molecule has 0 aromatic carbocycles. The van der Waals surface area contributed by atoms with Crippen LogP contribution < -0.4 is 10.9 Å². The van der Waals surface area contributed by atoms with Gasteiger partial charge in [0.2, 0.25) is 0 Å². The molecule has 6 heteroatoms. The van der Waals surface area contributed by atoms with Crippen molar-refractivity contribution in [3.63, 3.8) is 0 Å². The monoisotopic (exact) mass is 288 g/mol. The first kappa shape index (κ1) is 15.2. The number of nitrogens with one attached hydrogen (secondary N) is 1. The Morgan fingerprint density at radius 1 is 1.43 bits per heavy atom. The van der Waals surface area contributed by atoms with Crippen LogP contribution in [0.2, 0.25) is 0 Å². The minimum absolute atomic E-state index is 0.181. The molecule has 0 spiro atoms. The molecule has 0 bridgehead atoms. The predicted octanol–water partition coefficient (Wildman–Crippen LogP) is 0.684. The van der Waals surface area contributed by atoms with E-state index in [-0.39, 0.29) is 11.5 Å². The van der Waals surface area contributed by atoms with E-state index in [9.17, 15) is 9.59 Å². The van der Waals surface area contributed by atoms with Gasteiger partial charge in [0.15, 0.2) is 5.65 Å². The number of fused-ring (bicyclic) bond motifs is 1. The highest BCUT2D eigenvalue weighted by molar-refractivity contribution is 5.99. The molecule has 0 unspecified atom stereocenters. The third-order valence-electron chi connectivity index (χ3n) is 3.13. The second kappa shape index (κ2) is 6.49. The summed E-state index contributed by atoms with van der Waals surface area (Å²) in [5, 5.41) is 2.86. The molecule has 0 atom stereocenters. The second-order valence-corrected chi connectivity index (χ2v) is 5.26. The van der Waals surface area contributed by atoms with E-state index in [1.165, 1.54) is 10.5 Å². The minimum atomic E-state index is -0.204. The largest absolute Gasteiger partial charge is 0.352 e. The van der Waals surface area contributed by atoms with E-state index < -0.39 is 0 Å². The second-order valence-electron chi connectivity index (χ2n) is 5.26. The molecule has 2 rings (SSSR count). The Morgan fingerprint density at radius 3 is 2.90 bits per heavy atom. The van der Waals surface area contributed by atoms with E-state index in [1.54, 1.807) is 25.3 Å². The Balaban J connectivity index is 2.21. The predicted molar refractivity (Wildman–Crippen MR) is 81.7 cm³/mol. The van der Waals surface area contributed by atoms with Crippen molar-refractivity contribution < 1.29 is 4.79 Å². The number of aryl methyl sites for hydroxylation is 1. The fraction of sp³-hybridized carbons (Fsp3) is 0.400. The van der Waals surface area contributed by atoms with Crippen LogP contribution in [0.3, 0.4) is 0 Å². The van der Waals surface area contributed by atoms with Crippen LogP contribution in [-0.4, -0.2) is 47.4 Å². The van der Waals surface area contributed by atoms with Gasteiger partial charge in [-0.2, -0.15) is 0 Å². The van der Waals surface area contributed by atoms with Gasteiger partial charge in [-0.05, 0) is 46.1 Å². The summed E-state index contributed by atoms with van der Waals surface area (Å²) in [6.07, 6.45) is 2.49. The Morgan fingerprint density at radius 2 is 2.19 bits per heavy atom. The van der Waals surface area contributed by atoms with E-state index in [2.05, 4.69) is 15.2 Å². The highest BCUT2D eigenvalue weighted by Crippen LogP contribution is 2.07. The topological polar surface area (TPSA) is 66.7 Å². The third kappa shape index (κ3) is 3.66. The Kier molecular flexibility index (Phi) is 4.70. The smallest absolute Gasteiger partial charge is 0.258 e. The van der Waals surface area contributed by atoms with Crippen LogP contribution in [0.1, 0.15) is 22.5 Å². The van der Waals surface area contributed by atoms with Gasteiger partial charge in [0.25, 0.3) is 11.5 Å². The molecule has 0 aliphatic heterocycles. The third-order valence-corrected chi connectivity index (χ3v) is 3.13. The van der Waals surface area contributed by atoms with Crippen LogP contribution in [0, 0.1) is 6.92 Å². The molecule has 0 fully saturated rings. The van der Waals surface area contributed by atoms with Gasteiger partial charge < -0.3 is 10.2 Å². The maximum atomic E-state index is 12.2. The van der Waals surface area contributed by atoms with Gasteiger partial charge in [-0.15, -0.1) is 0 Å². The number of amides is 1. The highest BCUT2D eigenvalue weighted by Gasteiger charge is 2.12. The summed E-state index contributed by atoms with van der Waals surface area (Å²) in [6, 6.07) is 4.81. The highest BCUT2D eigenvalue weighted by atomic mass is 16.1. The van der Waals surface area contributed by atoms with Crippen LogP contribution in [-0.2, 0) is 0 Å². The van der Waals surface area contributed by atoms with Gasteiger partial charge in [-0.3, -0.25) is 14.0 Å². The minimum Gasteiger partial charge on any atom is -0.352 e. The first-order chi connectivity index (χ1) is 9.99. The number of carbonyl (C=O) groups is 1. The Labute approximate surface area is 123 Å². The lowest BCUT2D eigenvalue weighted by molar-refractivity contribution is 0.0953. The zero-order valence-electron chi connectivity index (χ0n) is 12.6. The molecule has 21 heavy (non-hydrogen) atoms. The zero-order chi connectivity index (χ0) is 15.4. The van der Waals surface area contributed by atoms with E-state index in [1.807, 2.05) is 14.1 Å². The van der Waals surface area contributed by atoms with Gasteiger partial charge in [-0.1, -0.05) is 0 Å². The summed E-state index contributed by atoms with van der Waals surface area (Å²) < 4.78 is 1.39. The summed E-state index contributed by atoms with van der Waals surface area (Å²) in [4.78, 5) is 30.5. The number of pyridine rings is 1. The average molecular weight is 288 g/mol. The Bertz CT molecular complexity index is 706. The number of hydrogen-bond acceptors (Lipinski definition) is 4. The molecule has 2 heterocycles. The van der Waals surface area contributed by atoms with Crippen molar-refractivity contribution in [2.75, 3.05) is 27.2 Å². The number of nitrogens with zero attached hydrogens (tertiary/aromatic N) is 3. The normalized spacial score (nSPS) is 11.0. The SMILES string of the molecule is Cc1cc(=O)n2cccc(C(=O)NCCCN(C)C)c2n1. The van der Waals surface area contributed by atoms with Crippen molar-refractivity contribution >= 4 is 11.6 Å². The summed E-state index contributed by atoms with van der Waals surface area (Å²) in [6.45, 7) is 3.24. The molecule has 2 aromatic heterocycles. The summed E-state index contributed by atoms with van der Waals surface area (Å²) in [5.41, 5.74) is 1.24. The molecule has 0 saturated carbocycles. The van der Waals surface area contributed by atoms with E-state index >= 15 is 0 Å². The maximum absolute atomic E-state index is 12.2. The van der Waals surface area contributed by atoms with E-state index in [0.717, 1.165) is 13.0 Å². The number of hydrogen-bond donors (Lipinski definition) is 1. The van der Waals surface area contributed by atoms with Crippen LogP contribution in [0.25, 0.3) is 5.65 Å². The molecule has 1 N–H and O–H groups in total. The molecule has 0 saturated heterocycles. The van der Waals surface area contributed by atoms with Gasteiger partial charge >= 0.3 is 0 Å². The van der Waals surface area contributed by atoms with Crippen LogP contribution in [0.5, 0.6) is 0 Å². The lowest BCUT2D eigenvalue weighted by Crippen LogP contribution is -2.28. The van der Waals surface area contributed by atoms with E-state index in [4.69, 9.17) is 0 Å². The molecule has 112 valence electrons. The lowest BCUT2D eigenvalue weighted by atomic mass is 10.2. The molecular weight excluding hydrogens is 268 g/mol. The van der Waals surface area contributed by atoms with Gasteiger partial charge in [-0.25, -0.2) is 4.98 Å². The molecule has 0 aliphatic carbocycles. The average Bonchev–Trinajstić information content (AvgIpc) is 2.42. The van der Waals surface area contributed by atoms with Crippen molar-refractivity contribution in [1.82, 2.24) is 19.6 Å². The quantitative estimate of drug-likeness (QED) is 0.822. The standard InChI is InChI=1S/C15H20N4O2/c1-11-10-13(20)19-9-4-6-12(14(19)17-11)15(21)16-7-5-8-18(2)3/h4,6,9-10H,5,7-8H2,1-3H3,(H,16,21). The molecule has 2 aromatic rings. The number of aromatic nitrogens is 2. The van der Waals surface area contributed by atoms with Crippen molar-refractivity contribution in [3.05, 3.63) is 46.0 Å². The number of rotatable bonds is 5. The van der Waals surface area contributed by atoms with Gasteiger partial charge in [0.05, 0.1) is 5.56 Å². The van der Waals surface area contributed by atoms with Gasteiger partial charge in [0, 0.05) is 24.5 Å². The zero-order valence-corrected chi connectivity index (χ0v) is 12.6. The van der Waals surface area contributed by atoms with Crippen molar-refractivity contribution in [3.8, 4) is 0 Å². The first-order valence-corrected chi connectivity index (χ1v) is 6.91. The first-order valence-electron chi connectivity index (χ1n) is 6.91. The Hall–Kier alpha value is -2.21. The van der Waals surface area contributed by atoms with Gasteiger partial charge in [0.1, 0.15) is 0 Å². The fourth-order valence-corrected chi connectivity index (χ4v) is 2.11. The van der Waals surface area contributed by atoms with E-state index in [0.29, 0.717) is 23.4 Å². The fourth-order valence-electron chi connectivity index (χ4n) is 2.11. The summed E-state index contributed by atoms with van der Waals surface area (Å²) in [7, 11) is 3.98. The molecule has 0 radical (unpaired) electrons. The molecule has 6 nitrogen and oxygen atoms in total. The van der Waals surface area contributed by atoms with Crippen molar-refractivity contribution in [2.24, 2.45) is 0 Å². The maximum Gasteiger partial charge on any atom is 0.258 e. The van der Waals surface area contributed by atoms with Crippen molar-refractivity contribution in [1.29, 1.82) is 0 Å². The van der Waals surface area contributed by atoms with Crippen molar-refractivity contribution in [2.45, 2.75) is 13.3 Å². The summed E-state index contributed by atoms with van der Waals surface area (Å²) in [5.74, 6) is -0.204. The van der Waals surface area contributed by atoms with Crippen LogP contribution in [0.15, 0.2) is 29.2 Å². The number of carbonyl (C=O) groups excluding carboxylic acids is 1. The lowest BCUT2D eigenvalue weighted by Gasteiger charge is -2.11. The van der Waals surface area contributed by atoms with Crippen LogP contribution >= 0.6 is 0 Å². The summed E-state index contributed by atoms with van der Waals surface area (Å²) >= 11 is 0. The molecule has 1 amide bonds. The van der Waals surface area contributed by atoms with Crippen LogP contribution in [0.4, 0.5) is 0 Å². The molecular formula is C15H20N4O2. The molecule has 0 aliphatic rings.